The van der Waals surface area contributed by atoms with Crippen molar-refractivity contribution >= 4 is 27.5 Å². The molecule has 21 heavy (non-hydrogen) atoms. The number of aromatic nitrogens is 1. The first-order valence-electron chi connectivity index (χ1n) is 7.10. The Balaban J connectivity index is 1.64. The maximum Gasteiger partial charge on any atom is 0.348 e. The van der Waals surface area contributed by atoms with Crippen LogP contribution in [0.15, 0.2) is 18.2 Å². The van der Waals surface area contributed by atoms with Crippen LogP contribution in [-0.2, 0) is 4.74 Å². The lowest BCUT2D eigenvalue weighted by Gasteiger charge is -2.14. The Hall–Kier alpha value is -1.66. The van der Waals surface area contributed by atoms with Crippen LogP contribution in [0.5, 0.6) is 5.88 Å². The van der Waals surface area contributed by atoms with E-state index in [0.717, 1.165) is 16.8 Å². The van der Waals surface area contributed by atoms with E-state index in [1.165, 1.54) is 44.4 Å². The van der Waals surface area contributed by atoms with E-state index >= 15 is 0 Å². The standard InChI is InChI=1S/C15H18N2O3S/c1-19-15(18)12-10-11-4-5-13(16-14(11)21-12)20-9-8-17-6-2-3-7-17/h4-5,10H,2-3,6-9H2,1H3. The van der Waals surface area contributed by atoms with E-state index in [2.05, 4.69) is 9.88 Å². The fourth-order valence-corrected chi connectivity index (χ4v) is 3.41. The molecule has 0 N–H and O–H groups in total. The van der Waals surface area contributed by atoms with Gasteiger partial charge < -0.3 is 9.47 Å². The Kier molecular flexibility index (Phi) is 4.36. The van der Waals surface area contributed by atoms with E-state index in [0.29, 0.717) is 17.4 Å². The maximum atomic E-state index is 11.5. The highest BCUT2D eigenvalue weighted by molar-refractivity contribution is 7.20. The second kappa shape index (κ2) is 6.41. The number of carbonyl (C=O) groups is 1. The van der Waals surface area contributed by atoms with Crippen molar-refractivity contribution in [2.24, 2.45) is 0 Å². The van der Waals surface area contributed by atoms with Crippen LogP contribution < -0.4 is 4.74 Å². The molecule has 0 unspecified atom stereocenters. The predicted molar refractivity (Wildman–Crippen MR) is 82.1 cm³/mol. The molecule has 1 saturated heterocycles. The van der Waals surface area contributed by atoms with Crippen molar-refractivity contribution in [1.82, 2.24) is 9.88 Å². The molecular formula is C15H18N2O3S. The lowest BCUT2D eigenvalue weighted by Crippen LogP contribution is -2.25. The number of rotatable bonds is 5. The monoisotopic (exact) mass is 306 g/mol. The van der Waals surface area contributed by atoms with Gasteiger partial charge >= 0.3 is 5.97 Å². The van der Waals surface area contributed by atoms with Crippen LogP contribution in [-0.4, -0.2) is 49.2 Å². The highest BCUT2D eigenvalue weighted by Gasteiger charge is 2.13. The number of esters is 1. The molecule has 3 heterocycles. The van der Waals surface area contributed by atoms with Gasteiger partial charge in [0.15, 0.2) is 0 Å². The minimum atomic E-state index is -0.325. The van der Waals surface area contributed by atoms with Gasteiger partial charge in [-0.25, -0.2) is 9.78 Å². The molecule has 2 aromatic rings. The molecule has 112 valence electrons. The summed E-state index contributed by atoms with van der Waals surface area (Å²) in [6.45, 7) is 3.93. The van der Waals surface area contributed by atoms with Crippen LogP contribution in [0.25, 0.3) is 10.2 Å². The van der Waals surface area contributed by atoms with Crippen molar-refractivity contribution in [2.75, 3.05) is 33.4 Å². The van der Waals surface area contributed by atoms with Gasteiger partial charge in [-0.3, -0.25) is 4.90 Å². The summed E-state index contributed by atoms with van der Waals surface area (Å²) in [7, 11) is 1.38. The molecule has 3 rings (SSSR count). The van der Waals surface area contributed by atoms with Gasteiger partial charge in [0.1, 0.15) is 16.3 Å². The Morgan fingerprint density at radius 2 is 2.19 bits per heavy atom. The Morgan fingerprint density at radius 1 is 1.38 bits per heavy atom. The number of nitrogens with zero attached hydrogens (tertiary/aromatic N) is 2. The molecule has 0 aromatic carbocycles. The van der Waals surface area contributed by atoms with Crippen LogP contribution in [0.2, 0.25) is 0 Å². The minimum Gasteiger partial charge on any atom is -0.476 e. The molecule has 0 atom stereocenters. The summed E-state index contributed by atoms with van der Waals surface area (Å²) < 4.78 is 10.4. The fourth-order valence-electron chi connectivity index (χ4n) is 2.47. The minimum absolute atomic E-state index is 0.325. The number of pyridine rings is 1. The van der Waals surface area contributed by atoms with E-state index in [9.17, 15) is 4.79 Å². The summed E-state index contributed by atoms with van der Waals surface area (Å²) in [6, 6.07) is 5.57. The van der Waals surface area contributed by atoms with E-state index < -0.39 is 0 Å². The van der Waals surface area contributed by atoms with Gasteiger partial charge in [0.25, 0.3) is 0 Å². The molecule has 2 aromatic heterocycles. The number of hydrogen-bond acceptors (Lipinski definition) is 6. The average Bonchev–Trinajstić information content (AvgIpc) is 3.14. The molecule has 6 heteroatoms. The van der Waals surface area contributed by atoms with Gasteiger partial charge in [0.05, 0.1) is 7.11 Å². The number of likely N-dealkylation sites (tertiary alicyclic amines) is 1. The summed E-state index contributed by atoms with van der Waals surface area (Å²) in [5, 5.41) is 0.937. The number of methoxy groups -OCH3 is 1. The number of ether oxygens (including phenoxy) is 2. The summed E-state index contributed by atoms with van der Waals surface area (Å²) in [6.07, 6.45) is 2.57. The summed E-state index contributed by atoms with van der Waals surface area (Å²) in [5.41, 5.74) is 0. The lowest BCUT2D eigenvalue weighted by atomic mass is 10.3. The van der Waals surface area contributed by atoms with Crippen LogP contribution >= 0.6 is 11.3 Å². The van der Waals surface area contributed by atoms with Gasteiger partial charge in [-0.05, 0) is 38.1 Å². The quantitative estimate of drug-likeness (QED) is 0.795. The largest absolute Gasteiger partial charge is 0.476 e. The number of fused-ring (bicyclic) bond motifs is 1. The summed E-state index contributed by atoms with van der Waals surface area (Å²) >= 11 is 1.33. The molecule has 0 saturated carbocycles. The first-order chi connectivity index (χ1) is 10.3. The molecule has 5 nitrogen and oxygen atoms in total. The zero-order valence-corrected chi connectivity index (χ0v) is 12.8. The topological polar surface area (TPSA) is 51.7 Å². The molecule has 1 aliphatic rings. The molecule has 0 amide bonds. The summed E-state index contributed by atoms with van der Waals surface area (Å²) in [5.74, 6) is 0.287. The van der Waals surface area contributed by atoms with Crippen molar-refractivity contribution in [3.05, 3.63) is 23.1 Å². The lowest BCUT2D eigenvalue weighted by molar-refractivity contribution is 0.0606. The van der Waals surface area contributed by atoms with E-state index in [1.54, 1.807) is 6.07 Å². The van der Waals surface area contributed by atoms with Crippen molar-refractivity contribution < 1.29 is 14.3 Å². The molecule has 1 fully saturated rings. The van der Waals surface area contributed by atoms with E-state index in [4.69, 9.17) is 9.47 Å². The van der Waals surface area contributed by atoms with Crippen molar-refractivity contribution in [3.63, 3.8) is 0 Å². The van der Waals surface area contributed by atoms with Gasteiger partial charge in [-0.2, -0.15) is 0 Å². The number of thiophene rings is 1. The highest BCUT2D eigenvalue weighted by atomic mass is 32.1. The predicted octanol–water partition coefficient (Wildman–Crippen LogP) is 2.56. The van der Waals surface area contributed by atoms with Crippen LogP contribution in [0.3, 0.4) is 0 Å². The van der Waals surface area contributed by atoms with Crippen LogP contribution in [0.4, 0.5) is 0 Å². The SMILES string of the molecule is COC(=O)c1cc2ccc(OCCN3CCCC3)nc2s1. The number of carbonyl (C=O) groups excluding carboxylic acids is 1. The Morgan fingerprint density at radius 3 is 2.95 bits per heavy atom. The second-order valence-electron chi connectivity index (χ2n) is 5.04. The molecule has 0 spiro atoms. The molecule has 0 bridgehead atoms. The molecular weight excluding hydrogens is 288 g/mol. The zero-order valence-electron chi connectivity index (χ0n) is 12.0. The van der Waals surface area contributed by atoms with Crippen LogP contribution in [0, 0.1) is 0 Å². The normalized spacial score (nSPS) is 15.5. The second-order valence-corrected chi connectivity index (χ2v) is 6.07. The van der Waals surface area contributed by atoms with E-state index in [1.807, 2.05) is 12.1 Å². The molecule has 1 aliphatic heterocycles. The van der Waals surface area contributed by atoms with Crippen molar-refractivity contribution in [1.29, 1.82) is 0 Å². The third kappa shape index (κ3) is 3.33. The average molecular weight is 306 g/mol. The Bertz CT molecular complexity index is 635. The van der Waals surface area contributed by atoms with Gasteiger partial charge in [0.2, 0.25) is 5.88 Å². The van der Waals surface area contributed by atoms with Gasteiger partial charge in [0, 0.05) is 18.0 Å². The highest BCUT2D eigenvalue weighted by Crippen LogP contribution is 2.26. The number of hydrogen-bond donors (Lipinski definition) is 0. The zero-order chi connectivity index (χ0) is 14.7. The molecule has 0 aliphatic carbocycles. The third-order valence-corrected chi connectivity index (χ3v) is 4.62. The first-order valence-corrected chi connectivity index (χ1v) is 7.92. The summed E-state index contributed by atoms with van der Waals surface area (Å²) in [4.78, 5) is 19.7. The first kappa shape index (κ1) is 14.3. The maximum absolute atomic E-state index is 11.5. The van der Waals surface area contributed by atoms with E-state index in [-0.39, 0.29) is 5.97 Å². The Labute approximate surface area is 127 Å². The molecule has 0 radical (unpaired) electrons. The van der Waals surface area contributed by atoms with Gasteiger partial charge in [-0.15, -0.1) is 11.3 Å². The van der Waals surface area contributed by atoms with Gasteiger partial charge in [-0.1, -0.05) is 0 Å². The third-order valence-electron chi connectivity index (χ3n) is 3.60. The van der Waals surface area contributed by atoms with Crippen LogP contribution in [0.1, 0.15) is 22.5 Å². The van der Waals surface area contributed by atoms with Crippen molar-refractivity contribution in [2.45, 2.75) is 12.8 Å². The van der Waals surface area contributed by atoms with Crippen molar-refractivity contribution in [3.8, 4) is 5.88 Å². The smallest absolute Gasteiger partial charge is 0.348 e. The fraction of sp³-hybridized carbons (Fsp3) is 0.467.